The van der Waals surface area contributed by atoms with Crippen LogP contribution in [0.3, 0.4) is 0 Å². The summed E-state index contributed by atoms with van der Waals surface area (Å²) in [5.41, 5.74) is 0. The Bertz CT molecular complexity index is 892. The minimum atomic E-state index is 0.428. The van der Waals surface area contributed by atoms with E-state index >= 15 is 0 Å². The number of nitrogens with one attached hydrogen (secondary N) is 1. The molecule has 8 heteroatoms. The summed E-state index contributed by atoms with van der Waals surface area (Å²) >= 11 is 1.71. The molecule has 1 saturated carbocycles. The summed E-state index contributed by atoms with van der Waals surface area (Å²) in [5, 5.41) is 13.5. The molecule has 0 saturated heterocycles. The third kappa shape index (κ3) is 3.11. The Morgan fingerprint density at radius 2 is 2.08 bits per heavy atom. The van der Waals surface area contributed by atoms with Gasteiger partial charge < -0.3 is 14.8 Å². The smallest absolute Gasteiger partial charge is 0.146 e. The van der Waals surface area contributed by atoms with Gasteiger partial charge in [0.1, 0.15) is 28.6 Å². The lowest BCUT2D eigenvalue weighted by atomic mass is 9.79. The Hall–Kier alpha value is -2.06. The van der Waals surface area contributed by atoms with E-state index < -0.39 is 0 Å². The van der Waals surface area contributed by atoms with Gasteiger partial charge in [-0.2, -0.15) is 0 Å². The first-order valence-corrected chi connectivity index (χ1v) is 9.33. The average molecular weight is 357 g/mol. The van der Waals surface area contributed by atoms with Crippen molar-refractivity contribution in [1.29, 1.82) is 0 Å². The van der Waals surface area contributed by atoms with Crippen molar-refractivity contribution in [3.63, 3.8) is 0 Å². The molecule has 0 unspecified atom stereocenters. The molecule has 7 nitrogen and oxygen atoms in total. The van der Waals surface area contributed by atoms with Crippen molar-refractivity contribution in [2.75, 3.05) is 19.4 Å². The molecule has 0 aromatic carbocycles. The van der Waals surface area contributed by atoms with Gasteiger partial charge in [-0.1, -0.05) is 0 Å². The zero-order valence-electron chi connectivity index (χ0n) is 15.0. The molecule has 0 bridgehead atoms. The molecule has 0 amide bonds. The molecule has 25 heavy (non-hydrogen) atoms. The maximum Gasteiger partial charge on any atom is 0.146 e. The van der Waals surface area contributed by atoms with Crippen molar-refractivity contribution in [2.24, 2.45) is 7.05 Å². The van der Waals surface area contributed by atoms with Gasteiger partial charge in [-0.15, -0.1) is 21.5 Å². The topological polar surface area (TPSA) is 71.8 Å². The second-order valence-electron chi connectivity index (χ2n) is 7.08. The average Bonchev–Trinajstić information content (AvgIpc) is 3.06. The van der Waals surface area contributed by atoms with Gasteiger partial charge in [-0.3, -0.25) is 0 Å². The van der Waals surface area contributed by atoms with Crippen molar-refractivity contribution >= 4 is 27.4 Å². The molecule has 132 valence electrons. The number of fused-ring (bicyclic) bond motifs is 1. The first kappa shape index (κ1) is 16.4. The van der Waals surface area contributed by atoms with Crippen LogP contribution in [0.15, 0.2) is 12.4 Å². The Morgan fingerprint density at radius 3 is 2.84 bits per heavy atom. The lowest BCUT2D eigenvalue weighted by Crippen LogP contribution is -2.35. The van der Waals surface area contributed by atoms with Gasteiger partial charge in [0.2, 0.25) is 0 Å². The number of nitrogens with zero attached hydrogens (tertiary/aromatic N) is 6. The van der Waals surface area contributed by atoms with Crippen molar-refractivity contribution in [3.05, 3.63) is 28.9 Å². The Balaban J connectivity index is 1.43. The summed E-state index contributed by atoms with van der Waals surface area (Å²) in [6, 6.07) is 2.59. The highest BCUT2D eigenvalue weighted by molar-refractivity contribution is 7.18. The second-order valence-corrected chi connectivity index (χ2v) is 8.31. The fourth-order valence-corrected chi connectivity index (χ4v) is 4.23. The van der Waals surface area contributed by atoms with Crippen LogP contribution >= 0.6 is 11.3 Å². The molecule has 4 rings (SSSR count). The van der Waals surface area contributed by atoms with Gasteiger partial charge in [0.15, 0.2) is 0 Å². The summed E-state index contributed by atoms with van der Waals surface area (Å²) < 4.78 is 2.14. The first-order chi connectivity index (χ1) is 12.0. The number of rotatable bonds is 5. The van der Waals surface area contributed by atoms with E-state index in [0.29, 0.717) is 12.0 Å². The minimum Gasteiger partial charge on any atom is -0.367 e. The third-order valence-corrected chi connectivity index (χ3v) is 5.71. The molecule has 3 aromatic heterocycles. The summed E-state index contributed by atoms with van der Waals surface area (Å²) in [5.74, 6) is 3.52. The van der Waals surface area contributed by atoms with Crippen LogP contribution in [0, 0.1) is 6.92 Å². The molecule has 0 atom stereocenters. The van der Waals surface area contributed by atoms with E-state index in [9.17, 15) is 0 Å². The van der Waals surface area contributed by atoms with E-state index in [0.717, 1.165) is 47.1 Å². The monoisotopic (exact) mass is 357 g/mol. The first-order valence-electron chi connectivity index (χ1n) is 8.52. The highest BCUT2D eigenvalue weighted by Crippen LogP contribution is 2.38. The minimum absolute atomic E-state index is 0.428. The van der Waals surface area contributed by atoms with E-state index in [1.165, 1.54) is 4.88 Å². The van der Waals surface area contributed by atoms with Gasteiger partial charge in [-0.05, 0) is 39.9 Å². The zero-order valence-corrected chi connectivity index (χ0v) is 15.8. The zero-order chi connectivity index (χ0) is 17.6. The molecule has 1 aliphatic carbocycles. The number of hydrogen-bond donors (Lipinski definition) is 1. The summed E-state index contributed by atoms with van der Waals surface area (Å²) in [4.78, 5) is 13.2. The predicted octanol–water partition coefficient (Wildman–Crippen LogP) is 2.55. The number of anilines is 1. The fraction of sp³-hybridized carbons (Fsp3) is 0.529. The van der Waals surface area contributed by atoms with Crippen LogP contribution in [0.25, 0.3) is 10.2 Å². The Labute approximate surface area is 151 Å². The third-order valence-electron chi connectivity index (χ3n) is 4.75. The summed E-state index contributed by atoms with van der Waals surface area (Å²) in [7, 11) is 6.16. The van der Waals surface area contributed by atoms with Crippen LogP contribution in [0.5, 0.6) is 0 Å². The Morgan fingerprint density at radius 1 is 1.28 bits per heavy atom. The lowest BCUT2D eigenvalue weighted by Gasteiger charge is -2.35. The van der Waals surface area contributed by atoms with Gasteiger partial charge in [0, 0.05) is 23.9 Å². The molecular formula is C17H23N7S. The van der Waals surface area contributed by atoms with Crippen LogP contribution in [-0.4, -0.2) is 49.8 Å². The highest BCUT2D eigenvalue weighted by Gasteiger charge is 2.34. The van der Waals surface area contributed by atoms with E-state index in [4.69, 9.17) is 0 Å². The van der Waals surface area contributed by atoms with Crippen LogP contribution < -0.4 is 5.32 Å². The number of thiophene rings is 1. The summed E-state index contributed by atoms with van der Waals surface area (Å²) in [6.45, 7) is 2.92. The molecule has 0 spiro atoms. The molecular weight excluding hydrogens is 334 g/mol. The van der Waals surface area contributed by atoms with Crippen molar-refractivity contribution in [3.8, 4) is 0 Å². The fourth-order valence-electron chi connectivity index (χ4n) is 3.38. The van der Waals surface area contributed by atoms with Crippen LogP contribution in [0.1, 0.15) is 35.3 Å². The standard InChI is InChI=1S/C17H23N7S/c1-10-5-13-15(18-9-19-17(13)25-10)20-12-6-11(7-12)16-22-21-14(24(16)4)8-23(2)3/h5,9,11-12H,6-8H2,1-4H3,(H,18,19,20). The normalized spacial score (nSPS) is 20.2. The molecule has 0 radical (unpaired) electrons. The molecule has 0 aliphatic heterocycles. The highest BCUT2D eigenvalue weighted by atomic mass is 32.1. The van der Waals surface area contributed by atoms with Crippen molar-refractivity contribution < 1.29 is 0 Å². The largest absolute Gasteiger partial charge is 0.367 e. The SMILES string of the molecule is Cc1cc2c(NC3CC(c4nnc(CN(C)C)n4C)C3)ncnc2s1. The number of aryl methyl sites for hydroxylation is 1. The van der Waals surface area contributed by atoms with E-state index in [-0.39, 0.29) is 0 Å². The quantitative estimate of drug-likeness (QED) is 0.757. The van der Waals surface area contributed by atoms with Crippen LogP contribution in [0.4, 0.5) is 5.82 Å². The van der Waals surface area contributed by atoms with Crippen LogP contribution in [-0.2, 0) is 13.6 Å². The predicted molar refractivity (Wildman–Crippen MR) is 99.9 cm³/mol. The van der Waals surface area contributed by atoms with Gasteiger partial charge in [0.25, 0.3) is 0 Å². The number of hydrogen-bond acceptors (Lipinski definition) is 7. The molecule has 3 heterocycles. The molecule has 1 N–H and O–H groups in total. The van der Waals surface area contributed by atoms with Gasteiger partial charge >= 0.3 is 0 Å². The van der Waals surface area contributed by atoms with E-state index in [1.807, 2.05) is 14.1 Å². The second kappa shape index (κ2) is 6.34. The van der Waals surface area contributed by atoms with Gasteiger partial charge in [0.05, 0.1) is 11.9 Å². The summed E-state index contributed by atoms with van der Waals surface area (Å²) in [6.07, 6.45) is 3.76. The Kier molecular flexibility index (Phi) is 4.16. The lowest BCUT2D eigenvalue weighted by molar-refractivity contribution is 0.347. The molecule has 3 aromatic rings. The van der Waals surface area contributed by atoms with Crippen LogP contribution in [0.2, 0.25) is 0 Å². The molecule has 1 aliphatic rings. The maximum atomic E-state index is 4.44. The number of aromatic nitrogens is 5. The van der Waals surface area contributed by atoms with E-state index in [2.05, 4.69) is 55.0 Å². The van der Waals surface area contributed by atoms with E-state index in [1.54, 1.807) is 17.7 Å². The van der Waals surface area contributed by atoms with Gasteiger partial charge in [-0.25, -0.2) is 9.97 Å². The maximum absolute atomic E-state index is 4.44. The molecule has 1 fully saturated rings. The van der Waals surface area contributed by atoms with Crippen molar-refractivity contribution in [1.82, 2.24) is 29.6 Å². The van der Waals surface area contributed by atoms with Crippen molar-refractivity contribution in [2.45, 2.75) is 38.3 Å².